The maximum absolute atomic E-state index is 5.94. The van der Waals surface area contributed by atoms with Crippen LogP contribution in [-0.4, -0.2) is 16.9 Å². The van der Waals surface area contributed by atoms with E-state index in [-0.39, 0.29) is 6.04 Å². The van der Waals surface area contributed by atoms with E-state index >= 15 is 0 Å². The Morgan fingerprint density at radius 3 is 2.67 bits per heavy atom. The predicted octanol–water partition coefficient (Wildman–Crippen LogP) is 4.15. The first-order chi connectivity index (χ1) is 11.5. The van der Waals surface area contributed by atoms with E-state index in [1.165, 1.54) is 0 Å². The molecule has 1 aromatic carbocycles. The van der Waals surface area contributed by atoms with Crippen molar-refractivity contribution in [2.45, 2.75) is 39.3 Å². The lowest BCUT2D eigenvalue weighted by molar-refractivity contribution is 0.365. The third-order valence-electron chi connectivity index (χ3n) is 4.32. The van der Waals surface area contributed by atoms with Crippen LogP contribution in [0.25, 0.3) is 11.0 Å². The first-order valence-corrected chi connectivity index (χ1v) is 8.32. The summed E-state index contributed by atoms with van der Waals surface area (Å²) in [7, 11) is 3.60. The standard InChI is InChI=1S/C19H25N3O2/c1-12(2)18-15(19(23-5)22(4)21-18)11-20-13(3)17-10-14-8-6-7-9-16(14)24-17/h6-10,12-13,20H,11H2,1-5H3/t13-/m0/s1. The van der Waals surface area contributed by atoms with E-state index in [1.807, 2.05) is 25.2 Å². The molecule has 3 rings (SSSR count). The van der Waals surface area contributed by atoms with Gasteiger partial charge in [-0.05, 0) is 25.0 Å². The molecule has 1 atom stereocenters. The molecule has 0 fully saturated rings. The largest absolute Gasteiger partial charge is 0.481 e. The average molecular weight is 327 g/mol. The van der Waals surface area contributed by atoms with Crippen molar-refractivity contribution in [3.05, 3.63) is 47.3 Å². The SMILES string of the molecule is COc1c(CN[C@@H](C)c2cc3ccccc3o2)c(C(C)C)nn1C. The van der Waals surface area contributed by atoms with Gasteiger partial charge < -0.3 is 14.5 Å². The fraction of sp³-hybridized carbons (Fsp3) is 0.421. The third kappa shape index (κ3) is 3.04. The van der Waals surface area contributed by atoms with E-state index in [9.17, 15) is 0 Å². The molecule has 0 radical (unpaired) electrons. The van der Waals surface area contributed by atoms with Gasteiger partial charge in [-0.1, -0.05) is 32.0 Å². The molecule has 0 saturated carbocycles. The first kappa shape index (κ1) is 16.6. The molecule has 128 valence electrons. The Morgan fingerprint density at radius 2 is 2.00 bits per heavy atom. The van der Waals surface area contributed by atoms with Gasteiger partial charge in [0.2, 0.25) is 5.88 Å². The maximum Gasteiger partial charge on any atom is 0.216 e. The highest BCUT2D eigenvalue weighted by Gasteiger charge is 2.20. The molecule has 0 aliphatic carbocycles. The van der Waals surface area contributed by atoms with Gasteiger partial charge in [0.05, 0.1) is 24.4 Å². The quantitative estimate of drug-likeness (QED) is 0.739. The van der Waals surface area contributed by atoms with Crippen LogP contribution in [0.15, 0.2) is 34.7 Å². The van der Waals surface area contributed by atoms with Gasteiger partial charge in [0.25, 0.3) is 0 Å². The van der Waals surface area contributed by atoms with Gasteiger partial charge in [-0.2, -0.15) is 5.10 Å². The Kier molecular flexibility index (Phi) is 4.62. The second kappa shape index (κ2) is 6.69. The van der Waals surface area contributed by atoms with Crippen molar-refractivity contribution >= 4 is 11.0 Å². The zero-order valence-corrected chi connectivity index (χ0v) is 15.0. The summed E-state index contributed by atoms with van der Waals surface area (Å²) in [6, 6.07) is 10.3. The molecule has 0 aliphatic heterocycles. The highest BCUT2D eigenvalue weighted by atomic mass is 16.5. The molecule has 24 heavy (non-hydrogen) atoms. The van der Waals surface area contributed by atoms with Crippen LogP contribution in [0, 0.1) is 0 Å². The molecule has 5 heteroatoms. The lowest BCUT2D eigenvalue weighted by atomic mass is 10.1. The van der Waals surface area contributed by atoms with Crippen LogP contribution in [0.2, 0.25) is 0 Å². The number of hydrogen-bond donors (Lipinski definition) is 1. The minimum absolute atomic E-state index is 0.0994. The van der Waals surface area contributed by atoms with Crippen LogP contribution < -0.4 is 10.1 Å². The minimum atomic E-state index is 0.0994. The number of aromatic nitrogens is 2. The number of furan rings is 1. The number of hydrogen-bond acceptors (Lipinski definition) is 4. The monoisotopic (exact) mass is 327 g/mol. The fourth-order valence-electron chi connectivity index (χ4n) is 3.03. The highest BCUT2D eigenvalue weighted by molar-refractivity contribution is 5.77. The van der Waals surface area contributed by atoms with E-state index in [0.29, 0.717) is 12.5 Å². The molecule has 2 heterocycles. The van der Waals surface area contributed by atoms with E-state index < -0.39 is 0 Å². The topological polar surface area (TPSA) is 52.2 Å². The Labute approximate surface area is 142 Å². The van der Waals surface area contributed by atoms with Crippen molar-refractivity contribution in [2.75, 3.05) is 7.11 Å². The summed E-state index contributed by atoms with van der Waals surface area (Å²) in [5.74, 6) is 2.09. The first-order valence-electron chi connectivity index (χ1n) is 8.32. The Balaban J connectivity index is 1.80. The Hall–Kier alpha value is -2.27. The molecule has 0 saturated heterocycles. The molecule has 0 unspecified atom stereocenters. The van der Waals surface area contributed by atoms with Gasteiger partial charge in [0, 0.05) is 19.0 Å². The molecule has 1 N–H and O–H groups in total. The number of methoxy groups -OCH3 is 1. The second-order valence-electron chi connectivity index (χ2n) is 6.44. The number of para-hydroxylation sites is 1. The number of rotatable bonds is 6. The molecular weight excluding hydrogens is 302 g/mol. The lowest BCUT2D eigenvalue weighted by Gasteiger charge is -2.13. The molecule has 0 amide bonds. The Bertz CT molecular complexity index is 799. The summed E-state index contributed by atoms with van der Waals surface area (Å²) in [4.78, 5) is 0. The van der Waals surface area contributed by atoms with Gasteiger partial charge >= 0.3 is 0 Å². The zero-order valence-electron chi connectivity index (χ0n) is 15.0. The van der Waals surface area contributed by atoms with Crippen LogP contribution >= 0.6 is 0 Å². The van der Waals surface area contributed by atoms with Crippen molar-refractivity contribution in [1.29, 1.82) is 0 Å². The van der Waals surface area contributed by atoms with Crippen molar-refractivity contribution in [1.82, 2.24) is 15.1 Å². The molecular formula is C19H25N3O2. The lowest BCUT2D eigenvalue weighted by Crippen LogP contribution is -2.18. The number of benzene rings is 1. The third-order valence-corrected chi connectivity index (χ3v) is 4.32. The Morgan fingerprint density at radius 1 is 1.25 bits per heavy atom. The summed E-state index contributed by atoms with van der Waals surface area (Å²) in [6.07, 6.45) is 0. The van der Waals surface area contributed by atoms with E-state index in [1.54, 1.807) is 11.8 Å². The number of aryl methyl sites for hydroxylation is 1. The van der Waals surface area contributed by atoms with E-state index in [2.05, 4.69) is 43.3 Å². The van der Waals surface area contributed by atoms with Crippen LogP contribution in [-0.2, 0) is 13.6 Å². The normalized spacial score (nSPS) is 12.9. The van der Waals surface area contributed by atoms with Crippen molar-refractivity contribution < 1.29 is 9.15 Å². The van der Waals surface area contributed by atoms with Crippen LogP contribution in [0.4, 0.5) is 0 Å². The summed E-state index contributed by atoms with van der Waals surface area (Å²) in [6.45, 7) is 7.08. The molecule has 3 aromatic rings. The fourth-order valence-corrected chi connectivity index (χ4v) is 3.03. The van der Waals surface area contributed by atoms with Crippen molar-refractivity contribution in [2.24, 2.45) is 7.05 Å². The number of nitrogens with one attached hydrogen (secondary N) is 1. The molecule has 0 spiro atoms. The molecule has 0 bridgehead atoms. The van der Waals surface area contributed by atoms with Gasteiger partial charge in [-0.3, -0.25) is 0 Å². The zero-order chi connectivity index (χ0) is 17.3. The van der Waals surface area contributed by atoms with Crippen molar-refractivity contribution in [3.63, 3.8) is 0 Å². The van der Waals surface area contributed by atoms with Crippen LogP contribution in [0.5, 0.6) is 5.88 Å². The van der Waals surface area contributed by atoms with Crippen molar-refractivity contribution in [3.8, 4) is 5.88 Å². The van der Waals surface area contributed by atoms with Gasteiger partial charge in [-0.15, -0.1) is 0 Å². The predicted molar refractivity (Wildman–Crippen MR) is 95.3 cm³/mol. The van der Waals surface area contributed by atoms with Crippen LogP contribution in [0.1, 0.15) is 49.7 Å². The number of nitrogens with zero attached hydrogens (tertiary/aromatic N) is 2. The summed E-state index contributed by atoms with van der Waals surface area (Å²) in [5.41, 5.74) is 3.10. The maximum atomic E-state index is 5.94. The van der Waals surface area contributed by atoms with Crippen LogP contribution in [0.3, 0.4) is 0 Å². The molecule has 0 aliphatic rings. The van der Waals surface area contributed by atoms with E-state index in [0.717, 1.165) is 33.9 Å². The number of ether oxygens (including phenoxy) is 1. The van der Waals surface area contributed by atoms with Gasteiger partial charge in [-0.25, -0.2) is 4.68 Å². The second-order valence-corrected chi connectivity index (χ2v) is 6.44. The van der Waals surface area contributed by atoms with E-state index in [4.69, 9.17) is 9.15 Å². The van der Waals surface area contributed by atoms with Gasteiger partial charge in [0.15, 0.2) is 0 Å². The summed E-state index contributed by atoms with van der Waals surface area (Å²) >= 11 is 0. The summed E-state index contributed by atoms with van der Waals surface area (Å²) < 4.78 is 13.3. The smallest absolute Gasteiger partial charge is 0.216 e. The molecule has 2 aromatic heterocycles. The summed E-state index contributed by atoms with van der Waals surface area (Å²) in [5, 5.41) is 9.25. The highest BCUT2D eigenvalue weighted by Crippen LogP contribution is 2.28. The molecule has 5 nitrogen and oxygen atoms in total. The average Bonchev–Trinajstić information content (AvgIpc) is 3.13. The van der Waals surface area contributed by atoms with Gasteiger partial charge in [0.1, 0.15) is 11.3 Å². The number of fused-ring (bicyclic) bond motifs is 1. The minimum Gasteiger partial charge on any atom is -0.481 e.